The van der Waals surface area contributed by atoms with Gasteiger partial charge in [0, 0.05) is 6.29 Å². The molecule has 0 aliphatic carbocycles. The van der Waals surface area contributed by atoms with E-state index in [0.29, 0.717) is 0 Å². The molecule has 0 aliphatic heterocycles. The minimum absolute atomic E-state index is 1.06. The van der Waals surface area contributed by atoms with Crippen molar-refractivity contribution in [2.45, 2.75) is 13.2 Å². The third kappa shape index (κ3) is 254. The first-order valence-electron chi connectivity index (χ1n) is 1.05. The molecular weight excluding hydrogens is 56.0 g/mol. The van der Waals surface area contributed by atoms with E-state index in [0.717, 1.165) is 6.92 Å². The van der Waals surface area contributed by atoms with Crippen LogP contribution in [0.2, 0.25) is 0 Å². The third-order valence-corrected chi connectivity index (χ3v) is 0. The van der Waals surface area contributed by atoms with Crippen LogP contribution in [0.25, 0.3) is 0 Å². The predicted molar refractivity (Wildman–Crippen MR) is 10.1 cm³/mol. The SMILES string of the molecule is CC([O])[O-]. The van der Waals surface area contributed by atoms with Crippen molar-refractivity contribution in [3.63, 3.8) is 0 Å². The van der Waals surface area contributed by atoms with Crippen molar-refractivity contribution in [3.8, 4) is 0 Å². The summed E-state index contributed by atoms with van der Waals surface area (Å²) in [6.45, 7) is 1.06. The van der Waals surface area contributed by atoms with Gasteiger partial charge in [0.15, 0.2) is 0 Å². The molecule has 0 N–H and O–H groups in total. The lowest BCUT2D eigenvalue weighted by molar-refractivity contribution is -0.490. The van der Waals surface area contributed by atoms with Gasteiger partial charge in [-0.3, -0.25) is 5.11 Å². The van der Waals surface area contributed by atoms with E-state index in [4.69, 9.17) is 10.2 Å². The Balaban J connectivity index is 2.32. The lowest BCUT2D eigenvalue weighted by atomic mass is 10.8. The van der Waals surface area contributed by atoms with E-state index in [2.05, 4.69) is 0 Å². The van der Waals surface area contributed by atoms with Crippen LogP contribution in [0.5, 0.6) is 0 Å². The molecule has 0 saturated heterocycles. The Hall–Kier alpha value is -0.0800. The summed E-state index contributed by atoms with van der Waals surface area (Å²) in [4.78, 5) is 0. The molecule has 0 heterocycles. The first-order chi connectivity index (χ1) is 1.73. The summed E-state index contributed by atoms with van der Waals surface area (Å²) in [7, 11) is 0. The van der Waals surface area contributed by atoms with Crippen LogP contribution in [-0.4, -0.2) is 6.29 Å². The fourth-order valence-electron chi connectivity index (χ4n) is 0. The highest BCUT2D eigenvalue weighted by Crippen LogP contribution is 1.51. The quantitative estimate of drug-likeness (QED) is 0.335. The van der Waals surface area contributed by atoms with E-state index in [-0.39, 0.29) is 0 Å². The Labute approximate surface area is 24.7 Å². The van der Waals surface area contributed by atoms with Crippen LogP contribution in [0.1, 0.15) is 6.92 Å². The van der Waals surface area contributed by atoms with E-state index >= 15 is 0 Å². The average Bonchev–Trinajstić information content (AvgIpc) is 0.811. The molecule has 0 rings (SSSR count). The summed E-state index contributed by atoms with van der Waals surface area (Å²) >= 11 is 0. The molecule has 2 heteroatoms. The van der Waals surface area contributed by atoms with Crippen LogP contribution in [0, 0.1) is 0 Å². The second-order valence-corrected chi connectivity index (χ2v) is 0.568. The summed E-state index contributed by atoms with van der Waals surface area (Å²) in [5.74, 6) is 0. The molecular formula is C2H4O2-. The van der Waals surface area contributed by atoms with Gasteiger partial charge in [-0.05, 0) is 0 Å². The molecule has 0 aliphatic rings. The summed E-state index contributed by atoms with van der Waals surface area (Å²) in [6, 6.07) is 0. The van der Waals surface area contributed by atoms with Crippen LogP contribution >= 0.6 is 0 Å². The van der Waals surface area contributed by atoms with E-state index in [1.54, 1.807) is 0 Å². The van der Waals surface area contributed by atoms with Crippen LogP contribution < -0.4 is 5.11 Å². The Morgan fingerprint density at radius 3 is 2.00 bits per heavy atom. The smallest absolute Gasteiger partial charge is 0.0149 e. The summed E-state index contributed by atoms with van der Waals surface area (Å²) < 4.78 is 0. The maximum Gasteiger partial charge on any atom is 0.0149 e. The van der Waals surface area contributed by atoms with Crippen LogP contribution in [0.4, 0.5) is 0 Å². The van der Waals surface area contributed by atoms with Gasteiger partial charge in [-0.1, -0.05) is 6.92 Å². The summed E-state index contributed by atoms with van der Waals surface area (Å²) in [5.41, 5.74) is 0. The second-order valence-electron chi connectivity index (χ2n) is 0.568. The van der Waals surface area contributed by atoms with Crippen LogP contribution in [-0.2, 0) is 5.11 Å². The Morgan fingerprint density at radius 2 is 2.00 bits per heavy atom. The lowest BCUT2D eigenvalue weighted by Gasteiger charge is -1.97. The van der Waals surface area contributed by atoms with Crippen molar-refractivity contribution in [1.29, 1.82) is 0 Å². The number of hydrogen-bond acceptors (Lipinski definition) is 1. The lowest BCUT2D eigenvalue weighted by Crippen LogP contribution is -2.16. The Bertz CT molecular complexity index is 8.75. The van der Waals surface area contributed by atoms with E-state index in [1.807, 2.05) is 0 Å². The molecule has 0 fully saturated rings. The monoisotopic (exact) mass is 60.0 g/mol. The first kappa shape index (κ1) is 3.92. The topological polar surface area (TPSA) is 43.0 Å². The maximum atomic E-state index is 8.97. The molecule has 0 aromatic rings. The fourth-order valence-corrected chi connectivity index (χ4v) is 0. The van der Waals surface area contributed by atoms with Crippen molar-refractivity contribution in [2.24, 2.45) is 0 Å². The van der Waals surface area contributed by atoms with Gasteiger partial charge in [-0.25, -0.2) is 0 Å². The molecule has 0 aromatic carbocycles. The van der Waals surface area contributed by atoms with Crippen LogP contribution in [0.3, 0.4) is 0 Å². The summed E-state index contributed by atoms with van der Waals surface area (Å²) in [6.07, 6.45) is -1.67. The molecule has 0 unspecified atom stereocenters. The van der Waals surface area contributed by atoms with Gasteiger partial charge < -0.3 is 5.11 Å². The predicted octanol–water partition coefficient (Wildman–Crippen LogP) is -0.877. The second kappa shape index (κ2) is 1.26. The average molecular weight is 60.1 g/mol. The van der Waals surface area contributed by atoms with Crippen molar-refractivity contribution in [2.75, 3.05) is 0 Å². The molecule has 0 amide bonds. The molecule has 1 radical (unpaired) electrons. The van der Waals surface area contributed by atoms with Gasteiger partial charge in [0.25, 0.3) is 0 Å². The highest BCUT2D eigenvalue weighted by atomic mass is 16.5. The van der Waals surface area contributed by atoms with Gasteiger partial charge in [0.05, 0.1) is 0 Å². The summed E-state index contributed by atoms with van der Waals surface area (Å²) in [5, 5.41) is 17.9. The van der Waals surface area contributed by atoms with Gasteiger partial charge >= 0.3 is 0 Å². The molecule has 0 bridgehead atoms. The minimum atomic E-state index is -1.67. The van der Waals surface area contributed by atoms with Gasteiger partial charge in [0.1, 0.15) is 0 Å². The van der Waals surface area contributed by atoms with Crippen molar-refractivity contribution < 1.29 is 10.2 Å². The first-order valence-corrected chi connectivity index (χ1v) is 1.05. The number of rotatable bonds is 0. The molecule has 0 atom stereocenters. The highest BCUT2D eigenvalue weighted by molar-refractivity contribution is 3.97. The minimum Gasteiger partial charge on any atom is -0.829 e. The van der Waals surface area contributed by atoms with Gasteiger partial charge in [0.2, 0.25) is 0 Å². The van der Waals surface area contributed by atoms with Crippen molar-refractivity contribution >= 4 is 0 Å². The van der Waals surface area contributed by atoms with Crippen LogP contribution in [0.15, 0.2) is 0 Å². The fraction of sp³-hybridized carbons (Fsp3) is 1.00. The van der Waals surface area contributed by atoms with E-state index < -0.39 is 6.29 Å². The maximum absolute atomic E-state index is 8.97. The zero-order valence-corrected chi connectivity index (χ0v) is 2.39. The van der Waals surface area contributed by atoms with Crippen molar-refractivity contribution in [1.82, 2.24) is 0 Å². The van der Waals surface area contributed by atoms with Gasteiger partial charge in [-0.15, -0.1) is 0 Å². The molecule has 25 valence electrons. The molecule has 0 saturated carbocycles. The van der Waals surface area contributed by atoms with E-state index in [9.17, 15) is 0 Å². The zero-order chi connectivity index (χ0) is 3.58. The normalized spacial score (nSPS) is 15.8. The van der Waals surface area contributed by atoms with Crippen molar-refractivity contribution in [3.05, 3.63) is 0 Å². The Kier molecular flexibility index (Phi) is 1.24. The van der Waals surface area contributed by atoms with Gasteiger partial charge in [-0.2, -0.15) is 0 Å². The molecule has 4 heavy (non-hydrogen) atoms. The van der Waals surface area contributed by atoms with E-state index in [1.165, 1.54) is 0 Å². The third-order valence-electron chi connectivity index (χ3n) is 0. The molecule has 0 spiro atoms. The molecule has 0 aromatic heterocycles. The number of hydrogen-bond donors (Lipinski definition) is 0. The molecule has 2 nitrogen and oxygen atoms in total. The largest absolute Gasteiger partial charge is 0.829 e. The zero-order valence-electron chi connectivity index (χ0n) is 2.39. The highest BCUT2D eigenvalue weighted by Gasteiger charge is 1.59. The Morgan fingerprint density at radius 1 is 2.00 bits per heavy atom. The standard InChI is InChI=1S/C2H4O2/c1-2(3)4/h2H,1H3/q-1.